The second kappa shape index (κ2) is 7.36. The highest BCUT2D eigenvalue weighted by atomic mass is 19.4. The zero-order chi connectivity index (χ0) is 25.8. The van der Waals surface area contributed by atoms with Gasteiger partial charge >= 0.3 is 12.4 Å². The molecule has 1 aliphatic carbocycles. The first-order valence-electron chi connectivity index (χ1n) is 12.4. The molecule has 3 aromatic rings. The van der Waals surface area contributed by atoms with Crippen LogP contribution in [0.25, 0.3) is 10.9 Å². The summed E-state index contributed by atoms with van der Waals surface area (Å²) < 4.78 is 90.3. The van der Waals surface area contributed by atoms with Crippen molar-refractivity contribution >= 4 is 16.6 Å². The van der Waals surface area contributed by atoms with Crippen LogP contribution in [0.2, 0.25) is 0 Å². The molecule has 3 saturated heterocycles. The lowest BCUT2D eigenvalue weighted by molar-refractivity contribution is -0.187. The maximum absolute atomic E-state index is 14.5. The average Bonchev–Trinajstić information content (AvgIpc) is 3.21. The topological polar surface area (TPSA) is 67.1 Å². The largest absolute Gasteiger partial charge is 0.424 e. The number of halogens is 6. The molecule has 1 N–H and O–H groups in total. The number of rotatable bonds is 3. The van der Waals surface area contributed by atoms with Crippen LogP contribution >= 0.6 is 0 Å². The Morgan fingerprint density at radius 2 is 1.73 bits per heavy atom. The number of piperidine rings is 2. The minimum atomic E-state index is -4.64. The zero-order valence-electron chi connectivity index (χ0n) is 19.5. The van der Waals surface area contributed by atoms with Gasteiger partial charge < -0.3 is 14.6 Å². The van der Waals surface area contributed by atoms with Crippen LogP contribution in [-0.4, -0.2) is 46.5 Å². The van der Waals surface area contributed by atoms with Gasteiger partial charge in [-0.3, -0.25) is 4.98 Å². The standard InChI is InChI=1S/C25H23F6N5O/c26-24(27,28)17-5-6-18(16-2-1-7-32-19(16)17)36-11-22(10-23(22,12-36)25(29,30)31)21-35-34-20(37-21)13-8-14-3-4-15(9-13)33-14/h1-2,5-7,13-15,33H,3-4,8-12H2/t13?,14-,15+,22-,23-/m0/s1. The summed E-state index contributed by atoms with van der Waals surface area (Å²) in [4.78, 5) is 5.40. The molecule has 1 aromatic carbocycles. The highest BCUT2D eigenvalue weighted by Gasteiger charge is 2.86. The monoisotopic (exact) mass is 523 g/mol. The third-order valence-electron chi connectivity index (χ3n) is 8.92. The number of alkyl halides is 6. The molecule has 4 fully saturated rings. The average molecular weight is 523 g/mol. The number of anilines is 1. The number of aromatic nitrogens is 3. The fourth-order valence-corrected chi connectivity index (χ4v) is 7.09. The first-order valence-corrected chi connectivity index (χ1v) is 12.4. The number of hydrogen-bond donors (Lipinski definition) is 1. The number of hydrogen-bond acceptors (Lipinski definition) is 6. The van der Waals surface area contributed by atoms with E-state index in [2.05, 4.69) is 20.5 Å². The summed E-state index contributed by atoms with van der Waals surface area (Å²) >= 11 is 0. The molecule has 196 valence electrons. The molecule has 2 aromatic heterocycles. The predicted octanol–water partition coefficient (Wildman–Crippen LogP) is 5.35. The molecule has 0 spiro atoms. The van der Waals surface area contributed by atoms with Gasteiger partial charge in [0.1, 0.15) is 5.41 Å². The van der Waals surface area contributed by atoms with Crippen LogP contribution in [0.15, 0.2) is 34.9 Å². The number of nitrogens with one attached hydrogen (secondary N) is 1. The Hall–Kier alpha value is -2.89. The summed E-state index contributed by atoms with van der Waals surface area (Å²) in [7, 11) is 0. The summed E-state index contributed by atoms with van der Waals surface area (Å²) in [6, 6.07) is 5.78. The lowest BCUT2D eigenvalue weighted by Crippen LogP contribution is -2.37. The third-order valence-corrected chi connectivity index (χ3v) is 8.92. The van der Waals surface area contributed by atoms with Gasteiger partial charge in [-0.25, -0.2) is 0 Å². The molecule has 37 heavy (non-hydrogen) atoms. The Labute approximate surface area is 207 Å². The van der Waals surface area contributed by atoms with E-state index < -0.39 is 35.3 Å². The molecule has 5 atom stereocenters. The fraction of sp³-hybridized carbons (Fsp3) is 0.560. The molecule has 1 saturated carbocycles. The predicted molar refractivity (Wildman–Crippen MR) is 120 cm³/mol. The number of benzene rings is 1. The van der Waals surface area contributed by atoms with E-state index in [1.807, 2.05) is 0 Å². The molecule has 7 rings (SSSR count). The molecule has 3 aliphatic heterocycles. The highest BCUT2D eigenvalue weighted by Crippen LogP contribution is 2.75. The van der Waals surface area contributed by atoms with Crippen molar-refractivity contribution < 1.29 is 30.8 Å². The lowest BCUT2D eigenvalue weighted by atomic mass is 9.92. The van der Waals surface area contributed by atoms with E-state index in [-0.39, 0.29) is 41.4 Å². The molecule has 5 heterocycles. The normalized spacial score (nSPS) is 33.2. The second-order valence-corrected chi connectivity index (χ2v) is 11.0. The summed E-state index contributed by atoms with van der Waals surface area (Å²) in [5.41, 5.74) is -4.47. The van der Waals surface area contributed by atoms with E-state index >= 15 is 0 Å². The minimum Gasteiger partial charge on any atom is -0.424 e. The molecule has 6 nitrogen and oxygen atoms in total. The van der Waals surface area contributed by atoms with Crippen LogP contribution in [-0.2, 0) is 11.6 Å². The first kappa shape index (κ1) is 23.2. The van der Waals surface area contributed by atoms with Crippen LogP contribution in [0.4, 0.5) is 32.0 Å². The van der Waals surface area contributed by atoms with Crippen molar-refractivity contribution in [2.75, 3.05) is 18.0 Å². The van der Waals surface area contributed by atoms with Gasteiger partial charge in [0.25, 0.3) is 0 Å². The van der Waals surface area contributed by atoms with Gasteiger partial charge in [-0.15, -0.1) is 10.2 Å². The number of pyridine rings is 1. The van der Waals surface area contributed by atoms with Crippen LogP contribution in [0, 0.1) is 5.41 Å². The Morgan fingerprint density at radius 3 is 2.43 bits per heavy atom. The van der Waals surface area contributed by atoms with Crippen molar-refractivity contribution in [3.63, 3.8) is 0 Å². The summed E-state index contributed by atoms with van der Waals surface area (Å²) in [5, 5.41) is 12.0. The molecular weight excluding hydrogens is 500 g/mol. The van der Waals surface area contributed by atoms with E-state index in [9.17, 15) is 26.3 Å². The Bertz CT molecular complexity index is 1380. The maximum atomic E-state index is 14.5. The van der Waals surface area contributed by atoms with Gasteiger partial charge in [0.05, 0.1) is 16.5 Å². The van der Waals surface area contributed by atoms with E-state index in [0.29, 0.717) is 18.0 Å². The Balaban J connectivity index is 1.26. The Morgan fingerprint density at radius 1 is 0.973 bits per heavy atom. The minimum absolute atomic E-state index is 0.0119. The van der Waals surface area contributed by atoms with Crippen molar-refractivity contribution in [2.24, 2.45) is 5.41 Å². The van der Waals surface area contributed by atoms with E-state index in [0.717, 1.165) is 31.7 Å². The number of fused-ring (bicyclic) bond motifs is 4. The lowest BCUT2D eigenvalue weighted by Gasteiger charge is -2.26. The van der Waals surface area contributed by atoms with Crippen LogP contribution in [0.1, 0.15) is 55.4 Å². The van der Waals surface area contributed by atoms with Crippen LogP contribution < -0.4 is 10.2 Å². The van der Waals surface area contributed by atoms with E-state index in [1.54, 1.807) is 0 Å². The molecule has 4 aliphatic rings. The summed E-state index contributed by atoms with van der Waals surface area (Å²) in [6.45, 7) is -0.484. The van der Waals surface area contributed by atoms with E-state index in [4.69, 9.17) is 4.42 Å². The quantitative estimate of drug-likeness (QED) is 0.468. The van der Waals surface area contributed by atoms with Crippen molar-refractivity contribution in [3.05, 3.63) is 47.8 Å². The van der Waals surface area contributed by atoms with Crippen LogP contribution in [0.5, 0.6) is 0 Å². The molecule has 0 amide bonds. The SMILES string of the molecule is FC(F)(F)c1ccc(N2C[C@]3(c4nnc(C5C[C@H]6CC[C@@H](C5)N6)o4)C[C@]3(C(F)(F)F)C2)c2cccnc12. The fourth-order valence-electron chi connectivity index (χ4n) is 7.09. The van der Waals surface area contributed by atoms with Crippen molar-refractivity contribution in [2.45, 2.75) is 67.9 Å². The third kappa shape index (κ3) is 3.26. The van der Waals surface area contributed by atoms with Gasteiger partial charge in [0.15, 0.2) is 0 Å². The van der Waals surface area contributed by atoms with Crippen molar-refractivity contribution in [3.8, 4) is 0 Å². The molecule has 1 unspecified atom stereocenters. The van der Waals surface area contributed by atoms with Crippen molar-refractivity contribution in [1.82, 2.24) is 20.5 Å². The van der Waals surface area contributed by atoms with Gasteiger partial charge in [0, 0.05) is 48.4 Å². The summed E-state index contributed by atoms with van der Waals surface area (Å²) in [6.07, 6.45) is -4.38. The molecule has 12 heteroatoms. The highest BCUT2D eigenvalue weighted by molar-refractivity contribution is 5.94. The van der Waals surface area contributed by atoms with Gasteiger partial charge in [-0.05, 0) is 56.4 Å². The van der Waals surface area contributed by atoms with Crippen LogP contribution in [0.3, 0.4) is 0 Å². The molecule has 2 bridgehead atoms. The molecule has 0 radical (unpaired) electrons. The maximum Gasteiger partial charge on any atom is 0.418 e. The second-order valence-electron chi connectivity index (χ2n) is 11.0. The number of nitrogens with zero attached hydrogens (tertiary/aromatic N) is 4. The smallest absolute Gasteiger partial charge is 0.418 e. The van der Waals surface area contributed by atoms with E-state index in [1.165, 1.54) is 29.3 Å². The van der Waals surface area contributed by atoms with Crippen molar-refractivity contribution in [1.29, 1.82) is 0 Å². The molecular formula is C25H23F6N5O. The summed E-state index contributed by atoms with van der Waals surface area (Å²) in [5.74, 6) is 0.369. The first-order chi connectivity index (χ1) is 17.5. The Kier molecular flexibility index (Phi) is 4.62. The van der Waals surface area contributed by atoms with Gasteiger partial charge in [-0.2, -0.15) is 26.3 Å². The van der Waals surface area contributed by atoms with Gasteiger partial charge in [0.2, 0.25) is 11.8 Å². The zero-order valence-corrected chi connectivity index (χ0v) is 19.5. The van der Waals surface area contributed by atoms with Gasteiger partial charge in [-0.1, -0.05) is 0 Å².